The van der Waals surface area contributed by atoms with Crippen molar-refractivity contribution in [2.75, 3.05) is 18.6 Å². The molecule has 0 aliphatic carbocycles. The summed E-state index contributed by atoms with van der Waals surface area (Å²) in [5.41, 5.74) is 2.35. The standard InChI is InChI=1S/C18H23NO/c1-3-4-10-15-19(16-11-6-5-7-12-16)17-13-8-9-14-18(17)20-2/h5-9,11-14H,3-4,10,15H2,1-2H3. The van der Waals surface area contributed by atoms with E-state index in [1.165, 1.54) is 24.9 Å². The number of nitrogens with zero attached hydrogens (tertiary/aromatic N) is 1. The Kier molecular flexibility index (Phi) is 5.48. The predicted octanol–water partition coefficient (Wildman–Crippen LogP) is 5.02. The highest BCUT2D eigenvalue weighted by atomic mass is 16.5. The van der Waals surface area contributed by atoms with Crippen LogP contribution in [0.2, 0.25) is 0 Å². The van der Waals surface area contributed by atoms with Gasteiger partial charge in [-0.2, -0.15) is 0 Å². The second kappa shape index (κ2) is 7.59. The lowest BCUT2D eigenvalue weighted by molar-refractivity contribution is 0.415. The minimum Gasteiger partial charge on any atom is -0.495 e. The maximum Gasteiger partial charge on any atom is 0.142 e. The van der Waals surface area contributed by atoms with Gasteiger partial charge in [0.2, 0.25) is 0 Å². The van der Waals surface area contributed by atoms with E-state index in [-0.39, 0.29) is 0 Å². The molecule has 2 aromatic rings. The van der Waals surface area contributed by atoms with Crippen molar-refractivity contribution in [3.63, 3.8) is 0 Å². The monoisotopic (exact) mass is 269 g/mol. The predicted molar refractivity (Wildman–Crippen MR) is 86.0 cm³/mol. The van der Waals surface area contributed by atoms with Crippen molar-refractivity contribution in [3.8, 4) is 5.75 Å². The lowest BCUT2D eigenvalue weighted by Crippen LogP contribution is -2.19. The number of benzene rings is 2. The zero-order valence-electron chi connectivity index (χ0n) is 12.4. The second-order valence-corrected chi connectivity index (χ2v) is 4.87. The molecule has 0 fully saturated rings. The maximum absolute atomic E-state index is 5.51. The summed E-state index contributed by atoms with van der Waals surface area (Å²) in [6, 6.07) is 18.7. The van der Waals surface area contributed by atoms with E-state index >= 15 is 0 Å². The molecule has 0 aliphatic rings. The highest BCUT2D eigenvalue weighted by Crippen LogP contribution is 2.33. The fourth-order valence-electron chi connectivity index (χ4n) is 2.37. The molecule has 0 heterocycles. The molecule has 0 bridgehead atoms. The molecule has 0 atom stereocenters. The van der Waals surface area contributed by atoms with Crippen LogP contribution in [0.25, 0.3) is 0 Å². The number of rotatable bonds is 7. The van der Waals surface area contributed by atoms with Crippen LogP contribution < -0.4 is 9.64 Å². The number of unbranched alkanes of at least 4 members (excludes halogenated alkanes) is 2. The van der Waals surface area contributed by atoms with Crippen LogP contribution in [0.1, 0.15) is 26.2 Å². The Morgan fingerprint density at radius 1 is 0.900 bits per heavy atom. The smallest absolute Gasteiger partial charge is 0.142 e. The lowest BCUT2D eigenvalue weighted by Gasteiger charge is -2.26. The van der Waals surface area contributed by atoms with Gasteiger partial charge in [0.05, 0.1) is 12.8 Å². The van der Waals surface area contributed by atoms with Gasteiger partial charge in [0.1, 0.15) is 5.75 Å². The molecule has 106 valence electrons. The minimum atomic E-state index is 0.924. The van der Waals surface area contributed by atoms with Crippen LogP contribution in [-0.2, 0) is 0 Å². The molecular weight excluding hydrogens is 246 g/mol. The van der Waals surface area contributed by atoms with Crippen molar-refractivity contribution in [1.82, 2.24) is 0 Å². The molecule has 20 heavy (non-hydrogen) atoms. The molecule has 0 spiro atoms. The molecule has 0 amide bonds. The van der Waals surface area contributed by atoms with E-state index in [2.05, 4.69) is 54.3 Å². The van der Waals surface area contributed by atoms with Crippen LogP contribution >= 0.6 is 0 Å². The van der Waals surface area contributed by atoms with Gasteiger partial charge in [-0.25, -0.2) is 0 Å². The first kappa shape index (κ1) is 14.4. The molecule has 0 unspecified atom stereocenters. The van der Waals surface area contributed by atoms with Gasteiger partial charge in [0.25, 0.3) is 0 Å². The summed E-state index contributed by atoms with van der Waals surface area (Å²) < 4.78 is 5.51. The molecule has 2 heteroatoms. The molecule has 0 radical (unpaired) electrons. The van der Waals surface area contributed by atoms with Crippen molar-refractivity contribution in [2.45, 2.75) is 26.2 Å². The van der Waals surface area contributed by atoms with Gasteiger partial charge in [0, 0.05) is 12.2 Å². The van der Waals surface area contributed by atoms with E-state index in [9.17, 15) is 0 Å². The van der Waals surface area contributed by atoms with Gasteiger partial charge in [-0.3, -0.25) is 0 Å². The van der Waals surface area contributed by atoms with E-state index in [4.69, 9.17) is 4.74 Å². The van der Waals surface area contributed by atoms with Crippen LogP contribution in [0, 0.1) is 0 Å². The third kappa shape index (κ3) is 3.53. The zero-order valence-corrected chi connectivity index (χ0v) is 12.4. The molecule has 2 nitrogen and oxygen atoms in total. The number of methoxy groups -OCH3 is 1. The van der Waals surface area contributed by atoms with Gasteiger partial charge >= 0.3 is 0 Å². The highest BCUT2D eigenvalue weighted by Gasteiger charge is 2.12. The number of anilines is 2. The molecule has 0 saturated carbocycles. The fraction of sp³-hybridized carbons (Fsp3) is 0.333. The topological polar surface area (TPSA) is 12.5 Å². The minimum absolute atomic E-state index is 0.924. The summed E-state index contributed by atoms with van der Waals surface area (Å²) >= 11 is 0. The van der Waals surface area contributed by atoms with Crippen LogP contribution in [-0.4, -0.2) is 13.7 Å². The molecule has 0 aliphatic heterocycles. The number of hydrogen-bond acceptors (Lipinski definition) is 2. The zero-order chi connectivity index (χ0) is 14.2. The maximum atomic E-state index is 5.51. The summed E-state index contributed by atoms with van der Waals surface area (Å²) in [5.74, 6) is 0.924. The number of para-hydroxylation sites is 3. The quantitative estimate of drug-likeness (QED) is 0.654. The van der Waals surface area contributed by atoms with Crippen LogP contribution in [0.15, 0.2) is 54.6 Å². The van der Waals surface area contributed by atoms with Gasteiger partial charge in [0.15, 0.2) is 0 Å². The van der Waals surface area contributed by atoms with E-state index < -0.39 is 0 Å². The molecule has 0 saturated heterocycles. The van der Waals surface area contributed by atoms with Crippen molar-refractivity contribution in [3.05, 3.63) is 54.6 Å². The molecule has 0 aromatic heterocycles. The molecule has 2 rings (SSSR count). The Morgan fingerprint density at radius 2 is 1.60 bits per heavy atom. The third-order valence-electron chi connectivity index (χ3n) is 3.43. The van der Waals surface area contributed by atoms with Crippen LogP contribution in [0.3, 0.4) is 0 Å². The largest absolute Gasteiger partial charge is 0.495 e. The van der Waals surface area contributed by atoms with Crippen LogP contribution in [0.4, 0.5) is 11.4 Å². The Labute approximate surface area is 122 Å². The summed E-state index contributed by atoms with van der Waals surface area (Å²) in [5, 5.41) is 0. The third-order valence-corrected chi connectivity index (χ3v) is 3.43. The van der Waals surface area contributed by atoms with Crippen molar-refractivity contribution >= 4 is 11.4 Å². The summed E-state index contributed by atoms with van der Waals surface area (Å²) in [7, 11) is 1.73. The number of ether oxygens (including phenoxy) is 1. The molecule has 0 N–H and O–H groups in total. The normalized spacial score (nSPS) is 10.3. The Hall–Kier alpha value is -1.96. The van der Waals surface area contributed by atoms with Crippen molar-refractivity contribution in [2.24, 2.45) is 0 Å². The average Bonchev–Trinajstić information content (AvgIpc) is 2.52. The average molecular weight is 269 g/mol. The van der Waals surface area contributed by atoms with E-state index in [0.717, 1.165) is 18.0 Å². The fourth-order valence-corrected chi connectivity index (χ4v) is 2.37. The molecule has 2 aromatic carbocycles. The van der Waals surface area contributed by atoms with E-state index in [1.807, 2.05) is 12.1 Å². The Morgan fingerprint density at radius 3 is 2.30 bits per heavy atom. The summed E-state index contributed by atoms with van der Waals surface area (Å²) in [6.45, 7) is 3.24. The highest BCUT2D eigenvalue weighted by molar-refractivity contribution is 5.69. The first-order valence-electron chi connectivity index (χ1n) is 7.32. The lowest BCUT2D eigenvalue weighted by atomic mass is 10.2. The van der Waals surface area contributed by atoms with Gasteiger partial charge in [-0.05, 0) is 30.7 Å². The first-order valence-corrected chi connectivity index (χ1v) is 7.32. The van der Waals surface area contributed by atoms with E-state index in [1.54, 1.807) is 7.11 Å². The van der Waals surface area contributed by atoms with Crippen molar-refractivity contribution in [1.29, 1.82) is 0 Å². The summed E-state index contributed by atoms with van der Waals surface area (Å²) in [4.78, 5) is 2.34. The molecular formula is C18H23NO. The van der Waals surface area contributed by atoms with E-state index in [0.29, 0.717) is 0 Å². The second-order valence-electron chi connectivity index (χ2n) is 4.87. The van der Waals surface area contributed by atoms with Gasteiger partial charge < -0.3 is 9.64 Å². The van der Waals surface area contributed by atoms with Gasteiger partial charge in [-0.15, -0.1) is 0 Å². The Bertz CT molecular complexity index is 510. The SMILES string of the molecule is CCCCCN(c1ccccc1)c1ccccc1OC. The number of hydrogen-bond donors (Lipinski definition) is 0. The van der Waals surface area contributed by atoms with Crippen molar-refractivity contribution < 1.29 is 4.74 Å². The Balaban J connectivity index is 2.30. The van der Waals surface area contributed by atoms with Crippen LogP contribution in [0.5, 0.6) is 5.75 Å². The first-order chi connectivity index (χ1) is 9.86. The summed E-state index contributed by atoms with van der Waals surface area (Å²) in [6.07, 6.45) is 3.66. The van der Waals surface area contributed by atoms with Gasteiger partial charge in [-0.1, -0.05) is 50.1 Å².